The van der Waals surface area contributed by atoms with Crippen LogP contribution in [0, 0.1) is 34.9 Å². The first-order valence-corrected chi connectivity index (χ1v) is 18.3. The molecule has 278 valence electrons. The Labute approximate surface area is 321 Å². The largest absolute Gasteiger partial charge is 0.336 e. The van der Waals surface area contributed by atoms with Crippen LogP contribution in [-0.4, -0.2) is 9.13 Å². The SMILES string of the molecule is Fc1cc(F)c(Cn2c3ccccc3c3cc(N(c4ccc5ccccc5c4)c4ccc5c(c4)c4ccccc4n5Cc4cc(F)c(F)cc4F)ccc32)cc1F. The molecule has 2 heterocycles. The van der Waals surface area contributed by atoms with Crippen LogP contribution in [0.4, 0.5) is 43.4 Å². The van der Waals surface area contributed by atoms with Crippen molar-refractivity contribution < 1.29 is 26.3 Å². The molecule has 10 rings (SSSR count). The van der Waals surface area contributed by atoms with Crippen LogP contribution in [0.2, 0.25) is 0 Å². The lowest BCUT2D eigenvalue weighted by Crippen LogP contribution is -2.10. The first kappa shape index (κ1) is 34.5. The third-order valence-electron chi connectivity index (χ3n) is 10.9. The van der Waals surface area contributed by atoms with E-state index in [-0.39, 0.29) is 24.2 Å². The predicted molar refractivity (Wildman–Crippen MR) is 215 cm³/mol. The van der Waals surface area contributed by atoms with Gasteiger partial charge in [0.2, 0.25) is 0 Å². The molecule has 0 aliphatic heterocycles. The molecule has 0 amide bonds. The summed E-state index contributed by atoms with van der Waals surface area (Å²) in [5.41, 5.74) is 5.76. The number of benzene rings is 8. The van der Waals surface area contributed by atoms with E-state index < -0.39 is 34.9 Å². The minimum Gasteiger partial charge on any atom is -0.336 e. The molecule has 0 radical (unpaired) electrons. The third kappa shape index (κ3) is 5.77. The molecule has 9 heteroatoms. The summed E-state index contributed by atoms with van der Waals surface area (Å²) in [5.74, 6) is -6.36. The highest BCUT2D eigenvalue weighted by Crippen LogP contribution is 2.42. The normalized spacial score (nSPS) is 11.8. The van der Waals surface area contributed by atoms with Gasteiger partial charge in [-0.05, 0) is 83.6 Å². The second kappa shape index (κ2) is 13.3. The van der Waals surface area contributed by atoms with Crippen LogP contribution in [0.1, 0.15) is 11.1 Å². The Kier molecular flexibility index (Phi) is 8.07. The molecule has 0 N–H and O–H groups in total. The van der Waals surface area contributed by atoms with E-state index in [0.29, 0.717) is 12.1 Å². The molecular formula is C48H29F6N3. The van der Waals surface area contributed by atoms with Crippen LogP contribution in [0.3, 0.4) is 0 Å². The van der Waals surface area contributed by atoms with E-state index in [1.165, 1.54) is 0 Å². The monoisotopic (exact) mass is 761 g/mol. The summed E-state index contributed by atoms with van der Waals surface area (Å²) in [4.78, 5) is 2.15. The number of hydrogen-bond donors (Lipinski definition) is 0. The fourth-order valence-electron chi connectivity index (χ4n) is 8.18. The average Bonchev–Trinajstić information content (AvgIpc) is 3.70. The summed E-state index contributed by atoms with van der Waals surface area (Å²) >= 11 is 0. The van der Waals surface area contributed by atoms with Gasteiger partial charge in [0.1, 0.15) is 11.6 Å². The van der Waals surface area contributed by atoms with Gasteiger partial charge in [-0.15, -0.1) is 0 Å². The first-order valence-electron chi connectivity index (χ1n) is 18.3. The summed E-state index contributed by atoms with van der Waals surface area (Å²) in [6.45, 7) is -0.0358. The fraction of sp³-hybridized carbons (Fsp3) is 0.0417. The zero-order valence-electron chi connectivity index (χ0n) is 30.0. The van der Waals surface area contributed by atoms with E-state index in [2.05, 4.69) is 47.4 Å². The second-order valence-corrected chi connectivity index (χ2v) is 14.2. The topological polar surface area (TPSA) is 13.1 Å². The van der Waals surface area contributed by atoms with Gasteiger partial charge >= 0.3 is 0 Å². The zero-order valence-corrected chi connectivity index (χ0v) is 30.0. The van der Waals surface area contributed by atoms with E-state index >= 15 is 0 Å². The number of para-hydroxylation sites is 2. The van der Waals surface area contributed by atoms with Gasteiger partial charge in [0.15, 0.2) is 23.3 Å². The van der Waals surface area contributed by atoms with E-state index in [9.17, 15) is 26.3 Å². The van der Waals surface area contributed by atoms with Gasteiger partial charge < -0.3 is 14.0 Å². The summed E-state index contributed by atoms with van der Waals surface area (Å²) in [6.07, 6.45) is 0. The summed E-state index contributed by atoms with van der Waals surface area (Å²) in [5, 5.41) is 5.67. The summed E-state index contributed by atoms with van der Waals surface area (Å²) in [7, 11) is 0. The molecule has 0 bridgehead atoms. The molecule has 0 unspecified atom stereocenters. The van der Waals surface area contributed by atoms with E-state index in [1.54, 1.807) is 0 Å². The highest BCUT2D eigenvalue weighted by Gasteiger charge is 2.21. The molecule has 2 aromatic heterocycles. The smallest absolute Gasteiger partial charge is 0.161 e. The summed E-state index contributed by atoms with van der Waals surface area (Å²) in [6, 6.07) is 44.7. The number of hydrogen-bond acceptors (Lipinski definition) is 1. The van der Waals surface area contributed by atoms with E-state index in [0.717, 1.165) is 83.6 Å². The Balaban J connectivity index is 1.16. The Hall–Kier alpha value is -7.00. The lowest BCUT2D eigenvalue weighted by molar-refractivity contribution is 0.489. The van der Waals surface area contributed by atoms with Gasteiger partial charge in [0, 0.05) is 83.9 Å². The van der Waals surface area contributed by atoms with Crippen LogP contribution < -0.4 is 4.90 Å². The van der Waals surface area contributed by atoms with Gasteiger partial charge in [-0.25, -0.2) is 26.3 Å². The molecule has 0 atom stereocenters. The molecule has 3 nitrogen and oxygen atoms in total. The molecule has 10 aromatic rings. The molecule has 0 fully saturated rings. The molecule has 8 aromatic carbocycles. The number of fused-ring (bicyclic) bond motifs is 7. The van der Waals surface area contributed by atoms with Crippen molar-refractivity contribution in [3.8, 4) is 0 Å². The Morgan fingerprint density at radius 3 is 1.26 bits per heavy atom. The van der Waals surface area contributed by atoms with Gasteiger partial charge in [0.05, 0.1) is 13.1 Å². The van der Waals surface area contributed by atoms with Crippen LogP contribution in [0.15, 0.2) is 152 Å². The van der Waals surface area contributed by atoms with Crippen molar-refractivity contribution in [1.29, 1.82) is 0 Å². The van der Waals surface area contributed by atoms with E-state index in [4.69, 9.17) is 0 Å². The fourth-order valence-corrected chi connectivity index (χ4v) is 8.18. The number of halogens is 6. The van der Waals surface area contributed by atoms with E-state index in [1.807, 2.05) is 94.1 Å². The summed E-state index contributed by atoms with van der Waals surface area (Å²) < 4.78 is 90.1. The lowest BCUT2D eigenvalue weighted by Gasteiger charge is -2.26. The van der Waals surface area contributed by atoms with Crippen molar-refractivity contribution in [3.05, 3.63) is 198 Å². The van der Waals surface area contributed by atoms with Gasteiger partial charge in [-0.2, -0.15) is 0 Å². The van der Waals surface area contributed by atoms with Crippen LogP contribution in [-0.2, 0) is 13.1 Å². The third-order valence-corrected chi connectivity index (χ3v) is 10.9. The molecule has 0 aliphatic rings. The lowest BCUT2D eigenvalue weighted by atomic mass is 10.1. The van der Waals surface area contributed by atoms with Gasteiger partial charge in [0.25, 0.3) is 0 Å². The van der Waals surface area contributed by atoms with Crippen molar-refractivity contribution in [3.63, 3.8) is 0 Å². The Bertz CT molecular complexity index is 3060. The zero-order chi connectivity index (χ0) is 38.9. The molecule has 0 aliphatic carbocycles. The second-order valence-electron chi connectivity index (χ2n) is 14.2. The number of nitrogens with zero attached hydrogens (tertiary/aromatic N) is 3. The van der Waals surface area contributed by atoms with Crippen LogP contribution in [0.5, 0.6) is 0 Å². The number of aromatic nitrogens is 2. The molecular weight excluding hydrogens is 733 g/mol. The molecule has 57 heavy (non-hydrogen) atoms. The average molecular weight is 762 g/mol. The minimum atomic E-state index is -1.24. The predicted octanol–water partition coefficient (Wildman–Crippen LogP) is 13.5. The van der Waals surface area contributed by atoms with Crippen molar-refractivity contribution in [1.82, 2.24) is 9.13 Å². The highest BCUT2D eigenvalue weighted by molar-refractivity contribution is 6.11. The quantitative estimate of drug-likeness (QED) is 0.116. The van der Waals surface area contributed by atoms with Crippen molar-refractivity contribution in [2.75, 3.05) is 4.90 Å². The Morgan fingerprint density at radius 1 is 0.333 bits per heavy atom. The number of rotatable bonds is 7. The molecule has 0 saturated carbocycles. The Morgan fingerprint density at radius 2 is 0.737 bits per heavy atom. The van der Waals surface area contributed by atoms with Crippen LogP contribution >= 0.6 is 0 Å². The van der Waals surface area contributed by atoms with Crippen LogP contribution in [0.25, 0.3) is 54.4 Å². The van der Waals surface area contributed by atoms with Crippen molar-refractivity contribution in [2.24, 2.45) is 0 Å². The highest BCUT2D eigenvalue weighted by atomic mass is 19.2. The maximum atomic E-state index is 15.0. The first-order chi connectivity index (χ1) is 27.7. The van der Waals surface area contributed by atoms with Crippen molar-refractivity contribution in [2.45, 2.75) is 13.1 Å². The maximum Gasteiger partial charge on any atom is 0.161 e. The minimum absolute atomic E-state index is 0.0179. The molecule has 0 spiro atoms. The van der Waals surface area contributed by atoms with Crippen molar-refractivity contribution >= 4 is 71.4 Å². The molecule has 0 saturated heterocycles. The number of anilines is 3. The van der Waals surface area contributed by atoms with Gasteiger partial charge in [-0.1, -0.05) is 66.7 Å². The standard InChI is InChI=1S/C48H29F6N3/c49-39-24-43(53)41(51)20-30(39)26-55-45-11-5-3-9-35(45)37-22-33(15-17-47(37)55)57(32-14-13-28-7-1-2-8-29(28)19-32)34-16-18-48-38(23-34)36-10-4-6-12-46(36)56(48)27-31-21-42(52)44(54)25-40(31)50/h1-25H,26-27H2. The van der Waals surface area contributed by atoms with Gasteiger partial charge in [-0.3, -0.25) is 0 Å². The maximum absolute atomic E-state index is 15.0.